The first-order valence-corrected chi connectivity index (χ1v) is 11.0. The Labute approximate surface area is 170 Å². The summed E-state index contributed by atoms with van der Waals surface area (Å²) in [7, 11) is 2.08. The molecule has 1 saturated heterocycles. The minimum Gasteiger partial charge on any atom is -0.379 e. The van der Waals surface area contributed by atoms with Crippen molar-refractivity contribution < 1.29 is 4.74 Å². The molecule has 0 unspecified atom stereocenters. The number of nitrogens with one attached hydrogen (secondary N) is 1. The summed E-state index contributed by atoms with van der Waals surface area (Å²) in [5.74, 6) is 2.85. The van der Waals surface area contributed by atoms with Crippen molar-refractivity contribution in [3.05, 3.63) is 23.9 Å². The lowest BCUT2D eigenvalue weighted by Crippen LogP contribution is -2.40. The standard InChI is InChI=1S/C22H37N5O/c1-3-23-22(26(2)14-15-28-18-19-8-9-19)25-17-20-10-11-24-21(16-20)27-12-6-4-5-7-13-27/h10-11,16,19H,3-9,12-15,17-18H2,1-2H3,(H,23,25). The molecule has 2 fully saturated rings. The van der Waals surface area contributed by atoms with Gasteiger partial charge in [-0.1, -0.05) is 12.8 Å². The lowest BCUT2D eigenvalue weighted by Gasteiger charge is -2.23. The second-order valence-electron chi connectivity index (χ2n) is 8.03. The first kappa shape index (κ1) is 20.9. The predicted molar refractivity (Wildman–Crippen MR) is 116 cm³/mol. The molecule has 3 rings (SSSR count). The van der Waals surface area contributed by atoms with E-state index in [2.05, 4.69) is 46.2 Å². The zero-order valence-electron chi connectivity index (χ0n) is 17.7. The Kier molecular flexibility index (Phi) is 8.40. The maximum absolute atomic E-state index is 5.77. The van der Waals surface area contributed by atoms with Gasteiger partial charge in [-0.3, -0.25) is 0 Å². The summed E-state index contributed by atoms with van der Waals surface area (Å²) in [5, 5.41) is 3.40. The number of rotatable bonds is 9. The van der Waals surface area contributed by atoms with Gasteiger partial charge in [0.2, 0.25) is 0 Å². The number of anilines is 1. The van der Waals surface area contributed by atoms with Gasteiger partial charge in [0.1, 0.15) is 5.82 Å². The Morgan fingerprint density at radius 2 is 2.07 bits per heavy atom. The van der Waals surface area contributed by atoms with Crippen LogP contribution in [0.25, 0.3) is 0 Å². The second-order valence-corrected chi connectivity index (χ2v) is 8.03. The normalized spacial score (nSPS) is 18.1. The van der Waals surface area contributed by atoms with Crippen molar-refractivity contribution in [2.45, 2.75) is 52.0 Å². The minimum atomic E-state index is 0.666. The molecule has 1 N–H and O–H groups in total. The molecular formula is C22H37N5O. The van der Waals surface area contributed by atoms with Crippen LogP contribution in [0.1, 0.15) is 51.0 Å². The van der Waals surface area contributed by atoms with E-state index in [0.29, 0.717) is 6.54 Å². The lowest BCUT2D eigenvalue weighted by atomic mass is 10.2. The Morgan fingerprint density at radius 1 is 1.29 bits per heavy atom. The van der Waals surface area contributed by atoms with Gasteiger partial charge < -0.3 is 19.9 Å². The number of aliphatic imine (C=N–C) groups is 1. The summed E-state index contributed by atoms with van der Waals surface area (Å²) in [6.45, 7) is 8.40. The molecule has 0 bridgehead atoms. The number of hydrogen-bond donors (Lipinski definition) is 1. The predicted octanol–water partition coefficient (Wildman–Crippen LogP) is 3.29. The van der Waals surface area contributed by atoms with E-state index >= 15 is 0 Å². The number of ether oxygens (including phenoxy) is 1. The summed E-state index contributed by atoms with van der Waals surface area (Å²) >= 11 is 0. The highest BCUT2D eigenvalue weighted by Gasteiger charge is 2.21. The van der Waals surface area contributed by atoms with Crippen molar-refractivity contribution in [3.63, 3.8) is 0 Å². The molecule has 2 heterocycles. The molecule has 1 aromatic rings. The van der Waals surface area contributed by atoms with E-state index in [4.69, 9.17) is 9.73 Å². The molecule has 1 aliphatic heterocycles. The molecule has 0 aromatic carbocycles. The highest BCUT2D eigenvalue weighted by molar-refractivity contribution is 5.79. The zero-order valence-corrected chi connectivity index (χ0v) is 17.7. The third kappa shape index (κ3) is 6.97. The van der Waals surface area contributed by atoms with Gasteiger partial charge in [0.05, 0.1) is 13.2 Å². The van der Waals surface area contributed by atoms with Crippen LogP contribution in [-0.2, 0) is 11.3 Å². The Morgan fingerprint density at radius 3 is 2.79 bits per heavy atom. The van der Waals surface area contributed by atoms with E-state index in [1.54, 1.807) is 0 Å². The number of nitrogens with zero attached hydrogens (tertiary/aromatic N) is 4. The van der Waals surface area contributed by atoms with Crippen LogP contribution in [-0.4, -0.2) is 62.3 Å². The largest absolute Gasteiger partial charge is 0.379 e. The molecule has 1 aromatic heterocycles. The molecule has 1 saturated carbocycles. The SMILES string of the molecule is CCNC(=NCc1ccnc(N2CCCCCC2)c1)N(C)CCOCC1CC1. The van der Waals surface area contributed by atoms with Gasteiger partial charge in [-0.2, -0.15) is 0 Å². The number of aromatic nitrogens is 1. The number of hydrogen-bond acceptors (Lipinski definition) is 4. The number of likely N-dealkylation sites (N-methyl/N-ethyl adjacent to an activating group) is 1. The smallest absolute Gasteiger partial charge is 0.194 e. The van der Waals surface area contributed by atoms with Gasteiger partial charge in [0, 0.05) is 46.0 Å². The van der Waals surface area contributed by atoms with Crippen molar-refractivity contribution in [1.82, 2.24) is 15.2 Å². The Bertz CT molecular complexity index is 609. The average Bonchev–Trinajstić information content (AvgIpc) is 3.55. The van der Waals surface area contributed by atoms with Crippen LogP contribution < -0.4 is 10.2 Å². The molecule has 0 spiro atoms. The molecule has 0 atom stereocenters. The van der Waals surface area contributed by atoms with Crippen molar-refractivity contribution in [1.29, 1.82) is 0 Å². The minimum absolute atomic E-state index is 0.666. The van der Waals surface area contributed by atoms with Crippen LogP contribution in [0.2, 0.25) is 0 Å². The van der Waals surface area contributed by atoms with Crippen LogP contribution in [0.3, 0.4) is 0 Å². The highest BCUT2D eigenvalue weighted by Crippen LogP contribution is 2.28. The summed E-state index contributed by atoms with van der Waals surface area (Å²) in [4.78, 5) is 14.0. The maximum Gasteiger partial charge on any atom is 0.194 e. The van der Waals surface area contributed by atoms with E-state index in [-0.39, 0.29) is 0 Å². The molecule has 6 nitrogen and oxygen atoms in total. The fraction of sp³-hybridized carbons (Fsp3) is 0.727. The first-order chi connectivity index (χ1) is 13.8. The Balaban J connectivity index is 1.54. The third-order valence-electron chi connectivity index (χ3n) is 5.47. The second kappa shape index (κ2) is 11.2. The number of pyridine rings is 1. The van der Waals surface area contributed by atoms with Gasteiger partial charge >= 0.3 is 0 Å². The van der Waals surface area contributed by atoms with E-state index in [0.717, 1.165) is 57.1 Å². The van der Waals surface area contributed by atoms with Crippen LogP contribution in [0.4, 0.5) is 5.82 Å². The van der Waals surface area contributed by atoms with E-state index in [1.807, 2.05) is 6.20 Å². The van der Waals surface area contributed by atoms with E-state index in [9.17, 15) is 0 Å². The fourth-order valence-corrected chi connectivity index (χ4v) is 3.51. The summed E-state index contributed by atoms with van der Waals surface area (Å²) in [5.41, 5.74) is 1.21. The topological polar surface area (TPSA) is 53.0 Å². The van der Waals surface area contributed by atoms with Crippen molar-refractivity contribution in [2.24, 2.45) is 10.9 Å². The van der Waals surface area contributed by atoms with Crippen LogP contribution >= 0.6 is 0 Å². The summed E-state index contributed by atoms with van der Waals surface area (Å²) < 4.78 is 5.77. The van der Waals surface area contributed by atoms with Crippen molar-refractivity contribution in [3.8, 4) is 0 Å². The molecule has 2 aliphatic rings. The maximum atomic E-state index is 5.77. The van der Waals surface area contributed by atoms with Gasteiger partial charge in [0.15, 0.2) is 5.96 Å². The molecule has 28 heavy (non-hydrogen) atoms. The first-order valence-electron chi connectivity index (χ1n) is 11.0. The molecule has 6 heteroatoms. The number of guanidine groups is 1. The fourth-order valence-electron chi connectivity index (χ4n) is 3.51. The van der Waals surface area contributed by atoms with Crippen molar-refractivity contribution in [2.75, 3.05) is 51.3 Å². The van der Waals surface area contributed by atoms with Gasteiger partial charge in [-0.05, 0) is 56.2 Å². The van der Waals surface area contributed by atoms with Crippen LogP contribution in [0, 0.1) is 5.92 Å². The highest BCUT2D eigenvalue weighted by atomic mass is 16.5. The summed E-state index contributed by atoms with van der Waals surface area (Å²) in [6.07, 6.45) is 9.81. The molecule has 156 valence electrons. The van der Waals surface area contributed by atoms with E-state index in [1.165, 1.54) is 44.1 Å². The van der Waals surface area contributed by atoms with Crippen LogP contribution in [0.5, 0.6) is 0 Å². The zero-order chi connectivity index (χ0) is 19.6. The van der Waals surface area contributed by atoms with E-state index < -0.39 is 0 Å². The van der Waals surface area contributed by atoms with Gasteiger partial charge in [-0.15, -0.1) is 0 Å². The molecular weight excluding hydrogens is 350 g/mol. The average molecular weight is 388 g/mol. The van der Waals surface area contributed by atoms with Gasteiger partial charge in [-0.25, -0.2) is 9.98 Å². The van der Waals surface area contributed by atoms with Gasteiger partial charge in [0.25, 0.3) is 0 Å². The monoisotopic (exact) mass is 387 g/mol. The molecule has 0 amide bonds. The lowest BCUT2D eigenvalue weighted by molar-refractivity contribution is 0.115. The van der Waals surface area contributed by atoms with Crippen molar-refractivity contribution >= 4 is 11.8 Å². The quantitative estimate of drug-likeness (QED) is 0.400. The Hall–Kier alpha value is -1.82. The third-order valence-corrected chi connectivity index (χ3v) is 5.47. The molecule has 0 radical (unpaired) electrons. The molecule has 1 aliphatic carbocycles. The van der Waals surface area contributed by atoms with Crippen LogP contribution in [0.15, 0.2) is 23.3 Å². The summed E-state index contributed by atoms with van der Waals surface area (Å²) in [6, 6.07) is 4.28.